The molecule has 192 valence electrons. The van der Waals surface area contributed by atoms with Crippen LogP contribution in [-0.2, 0) is 9.59 Å². The standard InChI is InChI=1S/C25H33N7O4/c1-4-5-9-32-11-12-36-20-13-17(6-7-19(20)35-3)27-14-18-22-23(26-8-10-31(2)21(33)15-32)28-16-29-24(22)30-25(18)34/h6-7,13-14,16,27H,4-5,8-12,15H2,1-3H3,(H2,26,28,29,30,34)/b18-14-. The van der Waals surface area contributed by atoms with Gasteiger partial charge < -0.3 is 30.3 Å². The molecule has 4 rings (SSSR count). The number of hydrogen-bond donors (Lipinski definition) is 3. The molecule has 3 heterocycles. The third kappa shape index (κ3) is 5.85. The lowest BCUT2D eigenvalue weighted by molar-refractivity contribution is -0.131. The summed E-state index contributed by atoms with van der Waals surface area (Å²) in [6.07, 6.45) is 5.08. The summed E-state index contributed by atoms with van der Waals surface area (Å²) in [4.78, 5) is 38.0. The largest absolute Gasteiger partial charge is 0.493 e. The molecular weight excluding hydrogens is 462 g/mol. The molecule has 0 fully saturated rings. The first kappa shape index (κ1) is 25.2. The Morgan fingerprint density at radius 3 is 2.81 bits per heavy atom. The SMILES string of the molecule is CCCCN1CCOc2cc(ccc2OC)N/C=C2\C(=O)Nc3ncnc(c32)NCCN(C)C(=O)C1. The van der Waals surface area contributed by atoms with Gasteiger partial charge in [-0.05, 0) is 25.1 Å². The van der Waals surface area contributed by atoms with E-state index in [0.29, 0.717) is 67.1 Å². The Morgan fingerprint density at radius 1 is 1.17 bits per heavy atom. The molecule has 11 nitrogen and oxygen atoms in total. The Balaban J connectivity index is 1.65. The summed E-state index contributed by atoms with van der Waals surface area (Å²) < 4.78 is 11.5. The van der Waals surface area contributed by atoms with E-state index in [4.69, 9.17) is 9.47 Å². The Hall–Kier alpha value is -3.86. The second-order valence-corrected chi connectivity index (χ2v) is 8.69. The van der Waals surface area contributed by atoms with E-state index in [0.717, 1.165) is 25.1 Å². The van der Waals surface area contributed by atoms with Crippen LogP contribution in [0.2, 0.25) is 0 Å². The summed E-state index contributed by atoms with van der Waals surface area (Å²) in [6.45, 7) is 5.23. The van der Waals surface area contributed by atoms with E-state index >= 15 is 0 Å². The summed E-state index contributed by atoms with van der Waals surface area (Å²) in [5, 5.41) is 9.23. The molecule has 36 heavy (non-hydrogen) atoms. The number of amides is 2. The molecule has 0 unspecified atom stereocenters. The van der Waals surface area contributed by atoms with Crippen molar-refractivity contribution >= 4 is 34.7 Å². The van der Waals surface area contributed by atoms with E-state index in [1.165, 1.54) is 6.33 Å². The number of carbonyl (C=O) groups excluding carboxylic acids is 2. The molecule has 3 N–H and O–H groups in total. The van der Waals surface area contributed by atoms with Crippen LogP contribution >= 0.6 is 0 Å². The molecule has 1 aromatic heterocycles. The number of anilines is 3. The molecular formula is C25H33N7O4. The first-order valence-corrected chi connectivity index (χ1v) is 12.1. The highest BCUT2D eigenvalue weighted by Gasteiger charge is 2.29. The fraction of sp³-hybridized carbons (Fsp3) is 0.440. The van der Waals surface area contributed by atoms with Crippen molar-refractivity contribution in [3.63, 3.8) is 0 Å². The van der Waals surface area contributed by atoms with Gasteiger partial charge in [-0.15, -0.1) is 0 Å². The quantitative estimate of drug-likeness (QED) is 0.586. The number of methoxy groups -OCH3 is 1. The molecule has 2 bridgehead atoms. The third-order valence-electron chi connectivity index (χ3n) is 6.16. The first-order valence-electron chi connectivity index (χ1n) is 12.1. The van der Waals surface area contributed by atoms with Gasteiger partial charge in [-0.2, -0.15) is 0 Å². The van der Waals surface area contributed by atoms with E-state index in [1.807, 2.05) is 12.1 Å². The highest BCUT2D eigenvalue weighted by molar-refractivity contribution is 6.32. The van der Waals surface area contributed by atoms with Crippen LogP contribution in [0.1, 0.15) is 25.3 Å². The maximum absolute atomic E-state index is 12.9. The molecule has 2 aromatic rings. The average molecular weight is 496 g/mol. The Labute approximate surface area is 210 Å². The number of hydrogen-bond acceptors (Lipinski definition) is 9. The zero-order chi connectivity index (χ0) is 25.5. The monoisotopic (exact) mass is 495 g/mol. The molecule has 0 saturated heterocycles. The highest BCUT2D eigenvalue weighted by Crippen LogP contribution is 2.35. The number of rotatable bonds is 4. The second-order valence-electron chi connectivity index (χ2n) is 8.69. The van der Waals surface area contributed by atoms with Crippen LogP contribution in [0, 0.1) is 0 Å². The van der Waals surface area contributed by atoms with Crippen LogP contribution in [-0.4, -0.2) is 85.1 Å². The Bertz CT molecular complexity index is 1140. The molecule has 2 aliphatic rings. The molecule has 0 atom stereocenters. The zero-order valence-corrected chi connectivity index (χ0v) is 21.0. The van der Waals surface area contributed by atoms with Gasteiger partial charge in [-0.1, -0.05) is 13.3 Å². The van der Waals surface area contributed by atoms with Crippen LogP contribution in [0.3, 0.4) is 0 Å². The average Bonchev–Trinajstić information content (AvgIpc) is 3.20. The van der Waals surface area contributed by atoms with Crippen molar-refractivity contribution in [3.05, 3.63) is 36.3 Å². The summed E-state index contributed by atoms with van der Waals surface area (Å²) in [5.74, 6) is 1.89. The minimum Gasteiger partial charge on any atom is -0.493 e. The van der Waals surface area contributed by atoms with Gasteiger partial charge in [0, 0.05) is 44.6 Å². The maximum Gasteiger partial charge on any atom is 0.259 e. The van der Waals surface area contributed by atoms with Crippen LogP contribution < -0.4 is 25.4 Å². The van der Waals surface area contributed by atoms with Gasteiger partial charge in [-0.25, -0.2) is 9.97 Å². The Kier molecular flexibility index (Phi) is 8.21. The molecule has 11 heteroatoms. The highest BCUT2D eigenvalue weighted by atomic mass is 16.5. The molecule has 0 spiro atoms. The number of likely N-dealkylation sites (N-methyl/N-ethyl adjacent to an activating group) is 1. The minimum absolute atomic E-state index is 0.0307. The summed E-state index contributed by atoms with van der Waals surface area (Å²) >= 11 is 0. The van der Waals surface area contributed by atoms with Crippen LogP contribution in [0.15, 0.2) is 30.7 Å². The molecule has 2 amide bonds. The second kappa shape index (κ2) is 11.7. The first-order chi connectivity index (χ1) is 17.5. The Morgan fingerprint density at radius 2 is 2.00 bits per heavy atom. The van der Waals surface area contributed by atoms with Gasteiger partial charge in [-0.3, -0.25) is 14.5 Å². The van der Waals surface area contributed by atoms with E-state index in [1.54, 1.807) is 31.3 Å². The van der Waals surface area contributed by atoms with Gasteiger partial charge >= 0.3 is 0 Å². The fourth-order valence-electron chi connectivity index (χ4n) is 4.05. The van der Waals surface area contributed by atoms with Gasteiger partial charge in [0.05, 0.1) is 24.8 Å². The number of unbranched alkanes of at least 4 members (excludes halogenated alkanes) is 1. The van der Waals surface area contributed by atoms with E-state index in [9.17, 15) is 9.59 Å². The number of nitrogens with one attached hydrogen (secondary N) is 3. The van der Waals surface area contributed by atoms with Crippen molar-refractivity contribution in [2.45, 2.75) is 19.8 Å². The fourth-order valence-corrected chi connectivity index (χ4v) is 4.05. The predicted octanol–water partition coefficient (Wildman–Crippen LogP) is 2.26. The van der Waals surface area contributed by atoms with E-state index < -0.39 is 0 Å². The zero-order valence-electron chi connectivity index (χ0n) is 21.0. The van der Waals surface area contributed by atoms with Gasteiger partial charge in [0.25, 0.3) is 5.91 Å². The van der Waals surface area contributed by atoms with Gasteiger partial charge in [0.1, 0.15) is 24.6 Å². The number of nitrogens with zero attached hydrogens (tertiary/aromatic N) is 4. The van der Waals surface area contributed by atoms with Crippen LogP contribution in [0.5, 0.6) is 11.5 Å². The van der Waals surface area contributed by atoms with Crippen molar-refractivity contribution in [1.29, 1.82) is 0 Å². The van der Waals surface area contributed by atoms with Crippen LogP contribution in [0.4, 0.5) is 17.3 Å². The number of aromatic nitrogens is 2. The van der Waals surface area contributed by atoms with Crippen molar-refractivity contribution in [1.82, 2.24) is 19.8 Å². The number of fused-ring (bicyclic) bond motifs is 2. The van der Waals surface area contributed by atoms with Crippen molar-refractivity contribution < 1.29 is 19.1 Å². The lowest BCUT2D eigenvalue weighted by Crippen LogP contribution is -2.42. The molecule has 2 aliphatic heterocycles. The normalized spacial score (nSPS) is 18.4. The van der Waals surface area contributed by atoms with Crippen LogP contribution in [0.25, 0.3) is 5.57 Å². The van der Waals surface area contributed by atoms with Crippen molar-refractivity contribution in [3.8, 4) is 11.5 Å². The molecule has 0 radical (unpaired) electrons. The maximum atomic E-state index is 12.9. The number of ether oxygens (including phenoxy) is 2. The molecule has 0 aliphatic carbocycles. The smallest absolute Gasteiger partial charge is 0.259 e. The van der Waals surface area contributed by atoms with E-state index in [-0.39, 0.29) is 11.8 Å². The van der Waals surface area contributed by atoms with Gasteiger partial charge in [0.15, 0.2) is 11.5 Å². The molecule has 0 saturated carbocycles. The molecule has 1 aromatic carbocycles. The predicted molar refractivity (Wildman–Crippen MR) is 138 cm³/mol. The lowest BCUT2D eigenvalue weighted by Gasteiger charge is -2.25. The van der Waals surface area contributed by atoms with Gasteiger partial charge in [0.2, 0.25) is 5.91 Å². The third-order valence-corrected chi connectivity index (χ3v) is 6.16. The summed E-state index contributed by atoms with van der Waals surface area (Å²) in [7, 11) is 3.38. The minimum atomic E-state index is -0.278. The number of carbonyl (C=O) groups is 2. The van der Waals surface area contributed by atoms with E-state index in [2.05, 4.69) is 37.7 Å². The topological polar surface area (TPSA) is 121 Å². The lowest BCUT2D eigenvalue weighted by atomic mass is 10.1. The van der Waals surface area contributed by atoms with Crippen molar-refractivity contribution in [2.24, 2.45) is 0 Å². The van der Waals surface area contributed by atoms with Crippen molar-refractivity contribution in [2.75, 3.05) is 69.4 Å². The number of benzene rings is 1. The summed E-state index contributed by atoms with van der Waals surface area (Å²) in [5.41, 5.74) is 1.72. The summed E-state index contributed by atoms with van der Waals surface area (Å²) in [6, 6.07) is 5.47.